The number of ether oxygens (including phenoxy) is 1. The molecule has 0 saturated carbocycles. The number of carbonyl (C=O) groups is 1. The van der Waals surface area contributed by atoms with Crippen LogP contribution in [0.3, 0.4) is 0 Å². The Morgan fingerprint density at radius 2 is 1.78 bits per heavy atom. The highest BCUT2D eigenvalue weighted by Gasteiger charge is 2.29. The summed E-state index contributed by atoms with van der Waals surface area (Å²) in [4.78, 5) is 12.0. The molecule has 23 heavy (non-hydrogen) atoms. The van der Waals surface area contributed by atoms with E-state index in [1.54, 1.807) is 25.1 Å². The second-order valence-electron chi connectivity index (χ2n) is 5.68. The van der Waals surface area contributed by atoms with Crippen LogP contribution in [0.25, 0.3) is 0 Å². The van der Waals surface area contributed by atoms with Crippen LogP contribution in [0.4, 0.5) is 4.39 Å². The van der Waals surface area contributed by atoms with Crippen LogP contribution in [-0.2, 0) is 21.6 Å². The molecule has 0 heterocycles. The highest BCUT2D eigenvalue weighted by atomic mass is 19.1. The summed E-state index contributed by atoms with van der Waals surface area (Å²) in [7, 11) is 1.52. The number of aryl methyl sites for hydroxylation is 1. The third-order valence-electron chi connectivity index (χ3n) is 4.00. The number of halogens is 1. The molecule has 0 spiro atoms. The van der Waals surface area contributed by atoms with Crippen molar-refractivity contribution in [2.45, 2.75) is 25.4 Å². The molecule has 0 aliphatic rings. The molecule has 1 amide bonds. The summed E-state index contributed by atoms with van der Waals surface area (Å²) >= 11 is 0. The zero-order chi connectivity index (χ0) is 16.7. The van der Waals surface area contributed by atoms with Gasteiger partial charge in [0.2, 0.25) is 5.91 Å². The van der Waals surface area contributed by atoms with Gasteiger partial charge < -0.3 is 10.1 Å². The van der Waals surface area contributed by atoms with Crippen molar-refractivity contribution in [1.29, 1.82) is 0 Å². The Bertz CT molecular complexity index is 645. The maximum Gasteiger partial charge on any atom is 0.220 e. The number of methoxy groups -OCH3 is 1. The highest BCUT2D eigenvalue weighted by Crippen LogP contribution is 2.26. The summed E-state index contributed by atoms with van der Waals surface area (Å²) in [6.45, 7) is 1.99. The van der Waals surface area contributed by atoms with Crippen LogP contribution in [0, 0.1) is 5.82 Å². The van der Waals surface area contributed by atoms with Gasteiger partial charge in [-0.3, -0.25) is 4.79 Å². The molecule has 2 aromatic carbocycles. The smallest absolute Gasteiger partial charge is 0.220 e. The quantitative estimate of drug-likeness (QED) is 0.850. The van der Waals surface area contributed by atoms with Gasteiger partial charge in [-0.25, -0.2) is 4.39 Å². The molecule has 4 heteroatoms. The molecule has 0 radical (unpaired) electrons. The van der Waals surface area contributed by atoms with Crippen molar-refractivity contribution in [3.05, 3.63) is 71.5 Å². The van der Waals surface area contributed by atoms with Crippen molar-refractivity contribution >= 4 is 5.91 Å². The van der Waals surface area contributed by atoms with Crippen molar-refractivity contribution in [3.63, 3.8) is 0 Å². The largest absolute Gasteiger partial charge is 0.372 e. The number of hydrogen-bond donors (Lipinski definition) is 1. The fraction of sp³-hybridized carbons (Fsp3) is 0.316. The van der Waals surface area contributed by atoms with Crippen molar-refractivity contribution in [2.75, 3.05) is 13.7 Å². The molecule has 1 N–H and O–H groups in total. The topological polar surface area (TPSA) is 38.3 Å². The van der Waals surface area contributed by atoms with Crippen LogP contribution in [0.1, 0.15) is 24.5 Å². The van der Waals surface area contributed by atoms with E-state index in [9.17, 15) is 9.18 Å². The van der Waals surface area contributed by atoms with Crippen molar-refractivity contribution in [2.24, 2.45) is 0 Å². The fourth-order valence-electron chi connectivity index (χ4n) is 2.43. The Kier molecular flexibility index (Phi) is 5.88. The van der Waals surface area contributed by atoms with Gasteiger partial charge in [0.15, 0.2) is 0 Å². The third-order valence-corrected chi connectivity index (χ3v) is 4.00. The Balaban J connectivity index is 1.92. The maximum atomic E-state index is 14.0. The van der Waals surface area contributed by atoms with E-state index < -0.39 is 5.60 Å². The lowest BCUT2D eigenvalue weighted by Crippen LogP contribution is -2.40. The van der Waals surface area contributed by atoms with Crippen LogP contribution in [-0.4, -0.2) is 19.6 Å². The van der Waals surface area contributed by atoms with Crippen LogP contribution in [0.2, 0.25) is 0 Å². The average Bonchev–Trinajstić information content (AvgIpc) is 2.59. The van der Waals surface area contributed by atoms with Gasteiger partial charge in [-0.1, -0.05) is 48.5 Å². The van der Waals surface area contributed by atoms with Gasteiger partial charge in [-0.2, -0.15) is 0 Å². The van der Waals surface area contributed by atoms with Crippen molar-refractivity contribution in [1.82, 2.24) is 5.32 Å². The molecule has 1 atom stereocenters. The van der Waals surface area contributed by atoms with Gasteiger partial charge in [0.25, 0.3) is 0 Å². The summed E-state index contributed by atoms with van der Waals surface area (Å²) in [5.41, 5.74) is 0.658. The normalized spacial score (nSPS) is 13.3. The van der Waals surface area contributed by atoms with E-state index >= 15 is 0 Å². The maximum absolute atomic E-state index is 14.0. The lowest BCUT2D eigenvalue weighted by molar-refractivity contribution is -0.122. The molecule has 0 aliphatic carbocycles. The van der Waals surface area contributed by atoms with Crippen LogP contribution in [0.15, 0.2) is 54.6 Å². The van der Waals surface area contributed by atoms with Crippen LogP contribution < -0.4 is 5.32 Å². The van der Waals surface area contributed by atoms with Gasteiger partial charge in [0, 0.05) is 19.1 Å². The molecule has 122 valence electrons. The first-order valence-corrected chi connectivity index (χ1v) is 7.66. The minimum atomic E-state index is -0.895. The third kappa shape index (κ3) is 4.63. The van der Waals surface area contributed by atoms with E-state index in [1.165, 1.54) is 13.2 Å². The lowest BCUT2D eigenvalue weighted by Gasteiger charge is -2.29. The number of hydrogen-bond acceptors (Lipinski definition) is 2. The molecule has 2 aromatic rings. The van der Waals surface area contributed by atoms with E-state index in [0.717, 1.165) is 5.56 Å². The molecule has 0 saturated heterocycles. The second kappa shape index (κ2) is 7.88. The van der Waals surface area contributed by atoms with E-state index in [2.05, 4.69) is 5.32 Å². The molecule has 2 rings (SSSR count). The predicted octanol–water partition coefficient (Wildman–Crippen LogP) is 3.44. The average molecular weight is 315 g/mol. The van der Waals surface area contributed by atoms with Gasteiger partial charge in [0.1, 0.15) is 11.4 Å². The number of carbonyl (C=O) groups excluding carboxylic acids is 1. The minimum Gasteiger partial charge on any atom is -0.372 e. The monoisotopic (exact) mass is 315 g/mol. The van der Waals surface area contributed by atoms with E-state index in [1.807, 2.05) is 30.3 Å². The first-order valence-electron chi connectivity index (χ1n) is 7.66. The summed E-state index contributed by atoms with van der Waals surface area (Å²) in [5, 5.41) is 2.84. The Morgan fingerprint density at radius 1 is 1.13 bits per heavy atom. The second-order valence-corrected chi connectivity index (χ2v) is 5.68. The summed E-state index contributed by atoms with van der Waals surface area (Å²) in [6, 6.07) is 16.3. The van der Waals surface area contributed by atoms with Crippen LogP contribution >= 0.6 is 0 Å². The summed E-state index contributed by atoms with van der Waals surface area (Å²) in [6.07, 6.45) is 1.07. The Labute approximate surface area is 136 Å². The lowest BCUT2D eigenvalue weighted by atomic mass is 9.95. The zero-order valence-corrected chi connectivity index (χ0v) is 13.5. The standard InChI is InChI=1S/C19H22FNO2/c1-19(23-2,16-10-6-7-11-17(16)20)14-21-18(22)13-12-15-8-4-3-5-9-15/h3-11H,12-14H2,1-2H3,(H,21,22). The number of rotatable bonds is 7. The molecule has 0 aliphatic heterocycles. The molecule has 0 bridgehead atoms. The van der Waals surface area contributed by atoms with Crippen LogP contribution in [0.5, 0.6) is 0 Å². The van der Waals surface area contributed by atoms with Gasteiger partial charge in [-0.15, -0.1) is 0 Å². The van der Waals surface area contributed by atoms with E-state index in [4.69, 9.17) is 4.74 Å². The Morgan fingerprint density at radius 3 is 2.43 bits per heavy atom. The molecule has 1 unspecified atom stereocenters. The van der Waals surface area contributed by atoms with Gasteiger partial charge >= 0.3 is 0 Å². The molecular formula is C19H22FNO2. The van der Waals surface area contributed by atoms with Crippen molar-refractivity contribution in [3.8, 4) is 0 Å². The molecule has 3 nitrogen and oxygen atoms in total. The number of nitrogens with one attached hydrogen (secondary N) is 1. The van der Waals surface area contributed by atoms with Gasteiger partial charge in [0.05, 0.1) is 6.54 Å². The van der Waals surface area contributed by atoms with Crippen molar-refractivity contribution < 1.29 is 13.9 Å². The molecular weight excluding hydrogens is 293 g/mol. The predicted molar refractivity (Wildman–Crippen MR) is 88.5 cm³/mol. The minimum absolute atomic E-state index is 0.0755. The Hall–Kier alpha value is -2.20. The molecule has 0 fully saturated rings. The van der Waals surface area contributed by atoms with E-state index in [0.29, 0.717) is 18.4 Å². The van der Waals surface area contributed by atoms with Gasteiger partial charge in [-0.05, 0) is 25.0 Å². The first-order chi connectivity index (χ1) is 11.0. The SMILES string of the molecule is COC(C)(CNC(=O)CCc1ccccc1)c1ccccc1F. The number of benzene rings is 2. The van der Waals surface area contributed by atoms with E-state index in [-0.39, 0.29) is 18.3 Å². The summed E-state index contributed by atoms with van der Waals surface area (Å²) < 4.78 is 19.4. The fourth-order valence-corrected chi connectivity index (χ4v) is 2.43. The zero-order valence-electron chi connectivity index (χ0n) is 13.5. The first kappa shape index (κ1) is 17.2. The highest BCUT2D eigenvalue weighted by molar-refractivity contribution is 5.76. The summed E-state index contributed by atoms with van der Waals surface area (Å²) in [5.74, 6) is -0.413. The molecule has 0 aromatic heterocycles. The number of amides is 1.